The number of aryl methyl sites for hydroxylation is 2. The molecule has 2 aromatic rings. The molecule has 5 heteroatoms. The first kappa shape index (κ1) is 12.1. The van der Waals surface area contributed by atoms with Crippen molar-refractivity contribution in [3.05, 3.63) is 40.7 Å². The van der Waals surface area contributed by atoms with Gasteiger partial charge in [0.05, 0.1) is 17.6 Å². The molecule has 0 saturated carbocycles. The summed E-state index contributed by atoms with van der Waals surface area (Å²) in [6.45, 7) is 2.68. The molecule has 1 heterocycles. The normalized spacial score (nSPS) is 10.8. The van der Waals surface area contributed by atoms with Gasteiger partial charge in [-0.25, -0.2) is 4.68 Å². The third kappa shape index (κ3) is 2.84. The highest BCUT2D eigenvalue weighted by Gasteiger charge is 2.05. The van der Waals surface area contributed by atoms with Crippen LogP contribution in [-0.2, 0) is 6.42 Å². The second kappa shape index (κ2) is 5.29. The van der Waals surface area contributed by atoms with Crippen LogP contribution in [0.3, 0.4) is 0 Å². The van der Waals surface area contributed by atoms with Crippen LogP contribution in [0.25, 0.3) is 5.69 Å². The van der Waals surface area contributed by atoms with Gasteiger partial charge in [-0.2, -0.15) is 0 Å². The summed E-state index contributed by atoms with van der Waals surface area (Å²) < 4.78 is 1.78. The topological polar surface area (TPSA) is 56.7 Å². The standard InChI is InChI=1S/C12H15ClN4/c1-9-7-10(13)4-5-12(9)17-8-11(15-16-17)3-2-6-14/h4-5,7-8H,2-3,6,14H2,1H3. The number of benzene rings is 1. The van der Waals surface area contributed by atoms with Crippen LogP contribution in [-0.4, -0.2) is 21.5 Å². The minimum absolute atomic E-state index is 0.673. The molecule has 0 spiro atoms. The van der Waals surface area contributed by atoms with Crippen molar-refractivity contribution >= 4 is 11.6 Å². The summed E-state index contributed by atoms with van der Waals surface area (Å²) in [6.07, 6.45) is 3.73. The van der Waals surface area contributed by atoms with E-state index in [1.54, 1.807) is 4.68 Å². The highest BCUT2D eigenvalue weighted by Crippen LogP contribution is 2.18. The van der Waals surface area contributed by atoms with Gasteiger partial charge in [-0.15, -0.1) is 5.10 Å². The van der Waals surface area contributed by atoms with Crippen molar-refractivity contribution < 1.29 is 0 Å². The molecule has 0 radical (unpaired) electrons. The third-order valence-corrected chi connectivity index (χ3v) is 2.82. The predicted molar refractivity (Wildman–Crippen MR) is 68.5 cm³/mol. The molecule has 0 aliphatic rings. The Labute approximate surface area is 105 Å². The Morgan fingerprint density at radius 1 is 1.41 bits per heavy atom. The van der Waals surface area contributed by atoms with Crippen molar-refractivity contribution in [2.45, 2.75) is 19.8 Å². The molecule has 2 N–H and O–H groups in total. The number of nitrogens with two attached hydrogens (primary N) is 1. The predicted octanol–water partition coefficient (Wildman–Crippen LogP) is 2.12. The van der Waals surface area contributed by atoms with Crippen LogP contribution >= 0.6 is 11.6 Å². The van der Waals surface area contributed by atoms with Gasteiger partial charge in [-0.05, 0) is 50.1 Å². The molecular formula is C12H15ClN4. The Morgan fingerprint density at radius 3 is 2.94 bits per heavy atom. The monoisotopic (exact) mass is 250 g/mol. The lowest BCUT2D eigenvalue weighted by atomic mass is 10.2. The van der Waals surface area contributed by atoms with E-state index in [9.17, 15) is 0 Å². The zero-order chi connectivity index (χ0) is 12.3. The largest absolute Gasteiger partial charge is 0.330 e. The van der Waals surface area contributed by atoms with Crippen LogP contribution in [0.5, 0.6) is 0 Å². The fourth-order valence-corrected chi connectivity index (χ4v) is 1.92. The molecule has 1 aromatic heterocycles. The number of rotatable bonds is 4. The maximum atomic E-state index is 5.92. The van der Waals surface area contributed by atoms with Gasteiger partial charge in [0.2, 0.25) is 0 Å². The zero-order valence-corrected chi connectivity index (χ0v) is 10.5. The number of hydrogen-bond acceptors (Lipinski definition) is 3. The smallest absolute Gasteiger partial charge is 0.0832 e. The van der Waals surface area contributed by atoms with Gasteiger partial charge in [0.15, 0.2) is 0 Å². The maximum Gasteiger partial charge on any atom is 0.0832 e. The molecule has 0 bridgehead atoms. The highest BCUT2D eigenvalue weighted by molar-refractivity contribution is 6.30. The number of aromatic nitrogens is 3. The molecule has 0 aliphatic carbocycles. The van der Waals surface area contributed by atoms with Gasteiger partial charge in [0, 0.05) is 5.02 Å². The molecule has 17 heavy (non-hydrogen) atoms. The van der Waals surface area contributed by atoms with Crippen molar-refractivity contribution in [3.8, 4) is 5.69 Å². The first-order valence-electron chi connectivity index (χ1n) is 5.58. The summed E-state index contributed by atoms with van der Waals surface area (Å²) in [5.41, 5.74) is 8.51. The van der Waals surface area contributed by atoms with Gasteiger partial charge < -0.3 is 5.73 Å². The average Bonchev–Trinajstić information content (AvgIpc) is 2.75. The Hall–Kier alpha value is -1.39. The zero-order valence-electron chi connectivity index (χ0n) is 9.73. The molecule has 4 nitrogen and oxygen atoms in total. The number of nitrogens with zero attached hydrogens (tertiary/aromatic N) is 3. The van der Waals surface area contributed by atoms with Crippen LogP contribution in [0.2, 0.25) is 5.02 Å². The molecule has 2 rings (SSSR count). The minimum atomic E-state index is 0.673. The van der Waals surface area contributed by atoms with Crippen LogP contribution in [0.4, 0.5) is 0 Å². The van der Waals surface area contributed by atoms with Gasteiger partial charge in [-0.1, -0.05) is 16.8 Å². The van der Waals surface area contributed by atoms with E-state index in [1.165, 1.54) is 0 Å². The molecule has 0 saturated heterocycles. The van der Waals surface area contributed by atoms with Crippen molar-refractivity contribution in [1.82, 2.24) is 15.0 Å². The van der Waals surface area contributed by atoms with Gasteiger partial charge >= 0.3 is 0 Å². The summed E-state index contributed by atoms with van der Waals surface area (Å²) in [7, 11) is 0. The van der Waals surface area contributed by atoms with E-state index in [0.717, 1.165) is 34.8 Å². The first-order valence-corrected chi connectivity index (χ1v) is 5.96. The molecule has 1 aromatic carbocycles. The van der Waals surface area contributed by atoms with Crippen molar-refractivity contribution in [3.63, 3.8) is 0 Å². The average molecular weight is 251 g/mol. The Balaban J connectivity index is 2.24. The highest BCUT2D eigenvalue weighted by atomic mass is 35.5. The maximum absolute atomic E-state index is 5.92. The molecule has 0 fully saturated rings. The van der Waals surface area contributed by atoms with E-state index in [1.807, 2.05) is 31.3 Å². The van der Waals surface area contributed by atoms with E-state index in [0.29, 0.717) is 6.54 Å². The Kier molecular flexibility index (Phi) is 3.76. The van der Waals surface area contributed by atoms with Gasteiger partial charge in [-0.3, -0.25) is 0 Å². The molecular weight excluding hydrogens is 236 g/mol. The van der Waals surface area contributed by atoms with Crippen LogP contribution < -0.4 is 5.73 Å². The van der Waals surface area contributed by atoms with Crippen molar-refractivity contribution in [2.75, 3.05) is 6.54 Å². The van der Waals surface area contributed by atoms with E-state index in [-0.39, 0.29) is 0 Å². The second-order valence-electron chi connectivity index (χ2n) is 3.98. The van der Waals surface area contributed by atoms with Gasteiger partial charge in [0.1, 0.15) is 0 Å². The quantitative estimate of drug-likeness (QED) is 0.904. The molecule has 90 valence electrons. The molecule has 0 aliphatic heterocycles. The molecule has 0 atom stereocenters. The SMILES string of the molecule is Cc1cc(Cl)ccc1-n1cc(CCCN)nn1. The summed E-state index contributed by atoms with van der Waals surface area (Å²) in [5.74, 6) is 0. The minimum Gasteiger partial charge on any atom is -0.330 e. The van der Waals surface area contributed by atoms with E-state index < -0.39 is 0 Å². The lowest BCUT2D eigenvalue weighted by Crippen LogP contribution is -2.00. The van der Waals surface area contributed by atoms with Crippen molar-refractivity contribution in [1.29, 1.82) is 0 Å². The van der Waals surface area contributed by atoms with Crippen molar-refractivity contribution in [2.24, 2.45) is 5.73 Å². The summed E-state index contributed by atoms with van der Waals surface area (Å²) in [6, 6.07) is 5.71. The Bertz CT molecular complexity index is 507. The lowest BCUT2D eigenvalue weighted by Gasteiger charge is -2.04. The molecule has 0 amide bonds. The third-order valence-electron chi connectivity index (χ3n) is 2.58. The fourth-order valence-electron chi connectivity index (χ4n) is 1.69. The van der Waals surface area contributed by atoms with E-state index in [4.69, 9.17) is 17.3 Å². The first-order chi connectivity index (χ1) is 8.20. The van der Waals surface area contributed by atoms with Crippen LogP contribution in [0.1, 0.15) is 17.7 Å². The summed E-state index contributed by atoms with van der Waals surface area (Å²) >= 11 is 5.92. The van der Waals surface area contributed by atoms with Crippen LogP contribution in [0, 0.1) is 6.92 Å². The summed E-state index contributed by atoms with van der Waals surface area (Å²) in [4.78, 5) is 0. The van der Waals surface area contributed by atoms with E-state index in [2.05, 4.69) is 10.3 Å². The Morgan fingerprint density at radius 2 is 2.24 bits per heavy atom. The number of hydrogen-bond donors (Lipinski definition) is 1. The lowest BCUT2D eigenvalue weighted by molar-refractivity contribution is 0.777. The van der Waals surface area contributed by atoms with E-state index >= 15 is 0 Å². The van der Waals surface area contributed by atoms with Gasteiger partial charge in [0.25, 0.3) is 0 Å². The number of halogens is 1. The second-order valence-corrected chi connectivity index (χ2v) is 4.41. The fraction of sp³-hybridized carbons (Fsp3) is 0.333. The molecule has 0 unspecified atom stereocenters. The van der Waals surface area contributed by atoms with Crippen LogP contribution in [0.15, 0.2) is 24.4 Å². The summed E-state index contributed by atoms with van der Waals surface area (Å²) in [5, 5.41) is 8.96.